The van der Waals surface area contributed by atoms with Gasteiger partial charge in [-0.05, 0) is 36.9 Å². The number of carboxylic acid groups (broad SMARTS) is 1. The van der Waals surface area contributed by atoms with Crippen molar-refractivity contribution in [2.75, 3.05) is 37.2 Å². The van der Waals surface area contributed by atoms with Crippen LogP contribution in [0.3, 0.4) is 0 Å². The van der Waals surface area contributed by atoms with E-state index in [0.717, 1.165) is 0 Å². The molecule has 0 radical (unpaired) electrons. The molecule has 0 bridgehead atoms. The van der Waals surface area contributed by atoms with Crippen molar-refractivity contribution in [1.29, 1.82) is 0 Å². The summed E-state index contributed by atoms with van der Waals surface area (Å²) < 4.78 is 0. The Bertz CT molecular complexity index is 553. The van der Waals surface area contributed by atoms with Gasteiger partial charge in [0.25, 0.3) is 0 Å². The average Bonchev–Trinajstić information content (AvgIpc) is 2.70. The van der Waals surface area contributed by atoms with Gasteiger partial charge in [0.2, 0.25) is 17.7 Å². The van der Waals surface area contributed by atoms with Gasteiger partial charge in [-0.3, -0.25) is 14.4 Å². The summed E-state index contributed by atoms with van der Waals surface area (Å²) in [6, 6.07) is -4.87. The maximum absolute atomic E-state index is 12.3. The minimum Gasteiger partial charge on any atom is -0.480 e. The Balaban J connectivity index is 4.89. The Morgan fingerprint density at radius 3 is 1.62 bits per heavy atom. The van der Waals surface area contributed by atoms with Crippen LogP contribution in [0.4, 0.5) is 0 Å². The molecule has 4 atom stereocenters. The van der Waals surface area contributed by atoms with Crippen molar-refractivity contribution >= 4 is 47.2 Å². The van der Waals surface area contributed by atoms with Gasteiger partial charge in [0, 0.05) is 0 Å². The van der Waals surface area contributed by atoms with Crippen LogP contribution in [0.15, 0.2) is 0 Å². The second kappa shape index (κ2) is 15.3. The Morgan fingerprint density at radius 1 is 0.793 bits per heavy atom. The van der Waals surface area contributed by atoms with Crippen LogP contribution >= 0.6 is 23.5 Å². The average molecular weight is 455 g/mol. The fourth-order valence-corrected chi connectivity index (χ4v) is 3.04. The molecule has 3 amide bonds. The molecule has 0 saturated heterocycles. The van der Waals surface area contributed by atoms with E-state index >= 15 is 0 Å². The highest BCUT2D eigenvalue weighted by atomic mass is 32.2. The fraction of sp³-hybridized carbons (Fsp3) is 0.750. The normalized spacial score (nSPS) is 14.9. The van der Waals surface area contributed by atoms with E-state index in [1.807, 2.05) is 6.26 Å². The van der Waals surface area contributed by atoms with Gasteiger partial charge in [-0.15, -0.1) is 0 Å². The smallest absolute Gasteiger partial charge is 0.326 e. The maximum atomic E-state index is 12.3. The lowest BCUT2D eigenvalue weighted by Gasteiger charge is -2.23. The van der Waals surface area contributed by atoms with Gasteiger partial charge in [0.1, 0.15) is 18.1 Å². The van der Waals surface area contributed by atoms with E-state index < -0.39 is 61.1 Å². The zero-order valence-corrected chi connectivity index (χ0v) is 18.1. The van der Waals surface area contributed by atoms with E-state index in [2.05, 4.69) is 16.0 Å². The number of amides is 3. The number of nitrogens with one attached hydrogen (secondary N) is 3. The Labute approximate surface area is 177 Å². The van der Waals surface area contributed by atoms with E-state index in [9.17, 15) is 29.4 Å². The minimum absolute atomic E-state index is 0.164. The number of thioether (sulfide) groups is 2. The highest BCUT2D eigenvalue weighted by Crippen LogP contribution is 2.02. The van der Waals surface area contributed by atoms with Crippen LogP contribution in [0, 0.1) is 0 Å². The first-order chi connectivity index (χ1) is 13.7. The lowest BCUT2D eigenvalue weighted by atomic mass is 10.1. The SMILES string of the molecule is CSCCC(N)C(=O)NC(CO)C(=O)NC(CO)C(=O)NC(CCSC)C(=O)O. The minimum atomic E-state index is -1.45. The molecule has 8 N–H and O–H groups in total. The van der Waals surface area contributed by atoms with Crippen LogP contribution in [0.2, 0.25) is 0 Å². The topological polar surface area (TPSA) is 191 Å². The third-order valence-corrected chi connectivity index (χ3v) is 5.11. The second-order valence-corrected chi connectivity index (χ2v) is 8.03. The van der Waals surface area contributed by atoms with Gasteiger partial charge in [-0.25, -0.2) is 4.79 Å². The predicted octanol–water partition coefficient (Wildman–Crippen LogP) is -2.66. The molecule has 29 heavy (non-hydrogen) atoms. The molecular weight excluding hydrogens is 424 g/mol. The number of carbonyl (C=O) groups excluding carboxylic acids is 3. The van der Waals surface area contributed by atoms with Crippen LogP contribution < -0.4 is 21.7 Å². The number of nitrogens with two attached hydrogens (primary N) is 1. The first-order valence-electron chi connectivity index (χ1n) is 8.80. The molecule has 4 unspecified atom stereocenters. The van der Waals surface area contributed by atoms with Crippen molar-refractivity contribution in [2.24, 2.45) is 5.73 Å². The first-order valence-corrected chi connectivity index (χ1v) is 11.6. The van der Waals surface area contributed by atoms with Crippen molar-refractivity contribution in [2.45, 2.75) is 37.0 Å². The summed E-state index contributed by atoms with van der Waals surface area (Å²) in [5.74, 6) is -2.56. The highest BCUT2D eigenvalue weighted by molar-refractivity contribution is 7.98. The standard InChI is InChI=1S/C16H30N4O7S2/c1-28-5-3-9(17)13(23)19-11(7-21)15(25)20-12(8-22)14(24)18-10(16(26)27)4-6-29-2/h9-12,21-22H,3-8,17H2,1-2H3,(H,18,24)(H,19,23)(H,20,25)(H,26,27). The van der Waals surface area contributed by atoms with Crippen molar-refractivity contribution in [3.63, 3.8) is 0 Å². The fourth-order valence-electron chi connectivity index (χ4n) is 2.08. The van der Waals surface area contributed by atoms with Crippen LogP contribution in [-0.2, 0) is 19.2 Å². The quantitative estimate of drug-likeness (QED) is 0.137. The molecule has 0 fully saturated rings. The van der Waals surface area contributed by atoms with E-state index in [1.54, 1.807) is 6.26 Å². The zero-order valence-electron chi connectivity index (χ0n) is 16.4. The molecule has 0 aromatic rings. The van der Waals surface area contributed by atoms with Gasteiger partial charge in [0.05, 0.1) is 19.3 Å². The van der Waals surface area contributed by atoms with E-state index in [0.29, 0.717) is 17.9 Å². The molecule has 0 spiro atoms. The number of hydrogen-bond donors (Lipinski definition) is 7. The molecule has 0 aliphatic rings. The zero-order chi connectivity index (χ0) is 22.4. The third kappa shape index (κ3) is 10.7. The largest absolute Gasteiger partial charge is 0.480 e. The van der Waals surface area contributed by atoms with E-state index in [-0.39, 0.29) is 6.42 Å². The number of carbonyl (C=O) groups is 4. The third-order valence-electron chi connectivity index (χ3n) is 3.83. The Kier molecular flexibility index (Phi) is 14.5. The maximum Gasteiger partial charge on any atom is 0.326 e. The molecule has 0 aliphatic heterocycles. The van der Waals surface area contributed by atoms with Crippen LogP contribution in [0.25, 0.3) is 0 Å². The lowest BCUT2D eigenvalue weighted by molar-refractivity contribution is -0.142. The number of aliphatic hydroxyl groups excluding tert-OH is 2. The molecule has 0 heterocycles. The monoisotopic (exact) mass is 454 g/mol. The number of aliphatic hydroxyl groups is 2. The molecule has 0 aliphatic carbocycles. The molecule has 13 heteroatoms. The van der Waals surface area contributed by atoms with Crippen molar-refractivity contribution in [3.05, 3.63) is 0 Å². The second-order valence-electron chi connectivity index (χ2n) is 6.06. The molecular formula is C16H30N4O7S2. The number of hydrogen-bond acceptors (Lipinski definition) is 9. The van der Waals surface area contributed by atoms with Crippen molar-refractivity contribution < 1.29 is 34.5 Å². The Morgan fingerprint density at radius 2 is 1.21 bits per heavy atom. The number of rotatable bonds is 15. The van der Waals surface area contributed by atoms with E-state index in [4.69, 9.17) is 10.8 Å². The van der Waals surface area contributed by atoms with Crippen LogP contribution in [0.1, 0.15) is 12.8 Å². The summed E-state index contributed by atoms with van der Waals surface area (Å²) in [5, 5.41) is 34.7. The van der Waals surface area contributed by atoms with Gasteiger partial charge in [0.15, 0.2) is 0 Å². The lowest BCUT2D eigenvalue weighted by Crippen LogP contribution is -2.59. The van der Waals surface area contributed by atoms with Gasteiger partial charge >= 0.3 is 5.97 Å². The Hall–Kier alpha value is -1.54. The molecule has 0 aromatic carbocycles. The summed E-state index contributed by atoms with van der Waals surface area (Å²) in [4.78, 5) is 47.7. The summed E-state index contributed by atoms with van der Waals surface area (Å²) in [5.41, 5.74) is 5.71. The van der Waals surface area contributed by atoms with Crippen molar-refractivity contribution in [1.82, 2.24) is 16.0 Å². The predicted molar refractivity (Wildman–Crippen MR) is 112 cm³/mol. The number of carboxylic acids is 1. The summed E-state index contributed by atoms with van der Waals surface area (Å²) in [6.45, 7) is -1.55. The van der Waals surface area contributed by atoms with Crippen LogP contribution in [-0.4, -0.2) is 100 Å². The van der Waals surface area contributed by atoms with Crippen LogP contribution in [0.5, 0.6) is 0 Å². The van der Waals surface area contributed by atoms with Gasteiger partial charge in [-0.1, -0.05) is 0 Å². The summed E-state index contributed by atoms with van der Waals surface area (Å²) >= 11 is 2.91. The summed E-state index contributed by atoms with van der Waals surface area (Å²) in [6.07, 6.45) is 4.18. The van der Waals surface area contributed by atoms with Gasteiger partial charge in [-0.2, -0.15) is 23.5 Å². The highest BCUT2D eigenvalue weighted by Gasteiger charge is 2.29. The summed E-state index contributed by atoms with van der Waals surface area (Å²) in [7, 11) is 0. The molecule has 0 rings (SSSR count). The van der Waals surface area contributed by atoms with Crippen molar-refractivity contribution in [3.8, 4) is 0 Å². The number of aliphatic carboxylic acids is 1. The molecule has 11 nitrogen and oxygen atoms in total. The molecule has 0 saturated carbocycles. The molecule has 168 valence electrons. The molecule has 0 aromatic heterocycles. The van der Waals surface area contributed by atoms with E-state index in [1.165, 1.54) is 23.5 Å². The van der Waals surface area contributed by atoms with Gasteiger partial charge < -0.3 is 37.0 Å². The first kappa shape index (κ1) is 27.5.